The maximum Gasteiger partial charge on any atom is 0.0411 e. The van der Waals surface area contributed by atoms with Crippen molar-refractivity contribution >= 4 is 5.69 Å². The summed E-state index contributed by atoms with van der Waals surface area (Å²) in [5, 5.41) is 0. The van der Waals surface area contributed by atoms with Crippen LogP contribution in [0, 0.1) is 12.8 Å². The molecule has 2 nitrogen and oxygen atoms in total. The van der Waals surface area contributed by atoms with Crippen LogP contribution in [0.5, 0.6) is 0 Å². The number of aryl methyl sites for hydroxylation is 1. The van der Waals surface area contributed by atoms with Gasteiger partial charge in [-0.3, -0.25) is 0 Å². The zero-order chi connectivity index (χ0) is 13.7. The number of nitrogens with zero attached hydrogens (tertiary/aromatic N) is 1. The summed E-state index contributed by atoms with van der Waals surface area (Å²) < 4.78 is 0. The smallest absolute Gasteiger partial charge is 0.0411 e. The number of nitrogens with two attached hydrogens (primary N) is 1. The van der Waals surface area contributed by atoms with Gasteiger partial charge in [0.15, 0.2) is 0 Å². The number of hydrogen-bond acceptors (Lipinski definition) is 2. The van der Waals surface area contributed by atoms with E-state index in [0.29, 0.717) is 6.54 Å². The lowest BCUT2D eigenvalue weighted by molar-refractivity contribution is 0.435. The van der Waals surface area contributed by atoms with E-state index in [-0.39, 0.29) is 0 Å². The lowest BCUT2D eigenvalue weighted by Crippen LogP contribution is -2.26. The summed E-state index contributed by atoms with van der Waals surface area (Å²) in [5.41, 5.74) is 9.89. The van der Waals surface area contributed by atoms with Crippen LogP contribution in [0.25, 0.3) is 0 Å². The van der Waals surface area contributed by atoms with Crippen LogP contribution in [-0.2, 0) is 6.54 Å². The van der Waals surface area contributed by atoms with Gasteiger partial charge < -0.3 is 10.6 Å². The molecule has 1 aliphatic heterocycles. The second kappa shape index (κ2) is 6.95. The molecular weight excluding hydrogens is 232 g/mol. The highest BCUT2D eigenvalue weighted by molar-refractivity contribution is 5.55. The van der Waals surface area contributed by atoms with E-state index in [1.54, 1.807) is 0 Å². The van der Waals surface area contributed by atoms with E-state index >= 15 is 0 Å². The van der Waals surface area contributed by atoms with Crippen LogP contribution in [0.2, 0.25) is 0 Å². The molecule has 2 heteroatoms. The Bertz CT molecular complexity index is 400. The van der Waals surface area contributed by atoms with Crippen molar-refractivity contribution in [2.75, 3.05) is 18.0 Å². The summed E-state index contributed by atoms with van der Waals surface area (Å²) >= 11 is 0. The van der Waals surface area contributed by atoms with Crippen LogP contribution in [0.15, 0.2) is 18.2 Å². The lowest BCUT2D eigenvalue weighted by atomic mass is 9.96. The van der Waals surface area contributed by atoms with Crippen molar-refractivity contribution < 1.29 is 0 Å². The van der Waals surface area contributed by atoms with Gasteiger partial charge >= 0.3 is 0 Å². The number of benzene rings is 1. The Morgan fingerprint density at radius 3 is 2.84 bits per heavy atom. The minimum Gasteiger partial charge on any atom is -0.371 e. The average molecular weight is 260 g/mol. The van der Waals surface area contributed by atoms with Crippen molar-refractivity contribution in [2.45, 2.75) is 52.5 Å². The fraction of sp³-hybridized carbons (Fsp3) is 0.647. The predicted octanol–water partition coefficient (Wildman–Crippen LogP) is 3.86. The summed E-state index contributed by atoms with van der Waals surface area (Å²) in [5.74, 6) is 0.932. The summed E-state index contributed by atoms with van der Waals surface area (Å²) in [6, 6.07) is 6.71. The van der Waals surface area contributed by atoms with Crippen LogP contribution in [0.3, 0.4) is 0 Å². The third-order valence-corrected chi connectivity index (χ3v) is 4.34. The molecule has 0 saturated carbocycles. The molecule has 1 aromatic carbocycles. The summed E-state index contributed by atoms with van der Waals surface area (Å²) in [6.07, 6.45) is 6.77. The van der Waals surface area contributed by atoms with Gasteiger partial charge in [0.05, 0.1) is 0 Å². The molecule has 1 aromatic rings. The van der Waals surface area contributed by atoms with Crippen LogP contribution in [0.4, 0.5) is 5.69 Å². The maximum atomic E-state index is 5.91. The fourth-order valence-electron chi connectivity index (χ4n) is 3.29. The van der Waals surface area contributed by atoms with E-state index in [0.717, 1.165) is 5.92 Å². The Morgan fingerprint density at radius 2 is 2.11 bits per heavy atom. The van der Waals surface area contributed by atoms with Gasteiger partial charge in [0.2, 0.25) is 0 Å². The molecule has 1 aliphatic rings. The van der Waals surface area contributed by atoms with Crippen molar-refractivity contribution in [1.82, 2.24) is 0 Å². The Labute approximate surface area is 118 Å². The molecule has 1 fully saturated rings. The topological polar surface area (TPSA) is 29.3 Å². The zero-order valence-electron chi connectivity index (χ0n) is 12.5. The fourth-order valence-corrected chi connectivity index (χ4v) is 3.29. The van der Waals surface area contributed by atoms with Gasteiger partial charge in [-0.1, -0.05) is 37.5 Å². The van der Waals surface area contributed by atoms with Gasteiger partial charge in [-0.2, -0.15) is 0 Å². The summed E-state index contributed by atoms with van der Waals surface area (Å²) in [7, 11) is 0. The third-order valence-electron chi connectivity index (χ3n) is 4.34. The SMILES string of the molecule is CCCC1CCCN(c2ccc(C)cc2CN)CC1. The van der Waals surface area contributed by atoms with E-state index in [1.165, 1.54) is 62.0 Å². The van der Waals surface area contributed by atoms with Crippen LogP contribution in [-0.4, -0.2) is 13.1 Å². The molecule has 19 heavy (non-hydrogen) atoms. The van der Waals surface area contributed by atoms with Gasteiger partial charge in [0, 0.05) is 25.3 Å². The van der Waals surface area contributed by atoms with Crippen molar-refractivity contribution in [1.29, 1.82) is 0 Å². The zero-order valence-corrected chi connectivity index (χ0v) is 12.5. The van der Waals surface area contributed by atoms with Gasteiger partial charge in [-0.05, 0) is 43.7 Å². The Hall–Kier alpha value is -1.02. The molecule has 1 atom stereocenters. The van der Waals surface area contributed by atoms with Crippen molar-refractivity contribution in [2.24, 2.45) is 11.7 Å². The highest BCUT2D eigenvalue weighted by Gasteiger charge is 2.18. The van der Waals surface area contributed by atoms with Gasteiger partial charge in [-0.15, -0.1) is 0 Å². The molecule has 0 aromatic heterocycles. The molecule has 106 valence electrons. The van der Waals surface area contributed by atoms with E-state index in [2.05, 4.69) is 36.9 Å². The molecule has 0 amide bonds. The monoisotopic (exact) mass is 260 g/mol. The van der Waals surface area contributed by atoms with Crippen molar-refractivity contribution in [3.05, 3.63) is 29.3 Å². The predicted molar refractivity (Wildman–Crippen MR) is 83.5 cm³/mol. The third kappa shape index (κ3) is 3.73. The molecule has 1 saturated heterocycles. The van der Waals surface area contributed by atoms with E-state index in [1.807, 2.05) is 0 Å². The Balaban J connectivity index is 2.09. The molecule has 1 unspecified atom stereocenters. The molecule has 0 bridgehead atoms. The number of hydrogen-bond donors (Lipinski definition) is 1. The first kappa shape index (κ1) is 14.4. The second-order valence-electron chi connectivity index (χ2n) is 5.91. The van der Waals surface area contributed by atoms with E-state index in [4.69, 9.17) is 5.73 Å². The van der Waals surface area contributed by atoms with Crippen molar-refractivity contribution in [3.8, 4) is 0 Å². The molecule has 2 rings (SSSR count). The first-order valence-corrected chi connectivity index (χ1v) is 7.79. The molecule has 0 spiro atoms. The molecule has 0 aliphatic carbocycles. The minimum atomic E-state index is 0.645. The molecule has 2 N–H and O–H groups in total. The maximum absolute atomic E-state index is 5.91. The summed E-state index contributed by atoms with van der Waals surface area (Å²) in [4.78, 5) is 2.55. The van der Waals surface area contributed by atoms with Gasteiger partial charge in [0.25, 0.3) is 0 Å². The average Bonchev–Trinajstić information content (AvgIpc) is 2.65. The standard InChI is InChI=1S/C17H28N2/c1-3-5-15-6-4-10-19(11-9-15)17-8-7-14(2)12-16(17)13-18/h7-8,12,15H,3-6,9-11,13,18H2,1-2H3. The van der Waals surface area contributed by atoms with E-state index in [9.17, 15) is 0 Å². The summed E-state index contributed by atoms with van der Waals surface area (Å²) in [6.45, 7) is 7.47. The van der Waals surface area contributed by atoms with Crippen molar-refractivity contribution in [3.63, 3.8) is 0 Å². The second-order valence-corrected chi connectivity index (χ2v) is 5.91. The molecule has 1 heterocycles. The lowest BCUT2D eigenvalue weighted by Gasteiger charge is -2.25. The Kier molecular flexibility index (Phi) is 5.26. The highest BCUT2D eigenvalue weighted by atomic mass is 15.1. The highest BCUT2D eigenvalue weighted by Crippen LogP contribution is 2.28. The van der Waals surface area contributed by atoms with Crippen LogP contribution >= 0.6 is 0 Å². The van der Waals surface area contributed by atoms with Gasteiger partial charge in [0.1, 0.15) is 0 Å². The number of rotatable bonds is 4. The quantitative estimate of drug-likeness (QED) is 0.890. The first-order valence-electron chi connectivity index (χ1n) is 7.79. The number of anilines is 1. The first-order chi connectivity index (χ1) is 9.24. The normalized spacial score (nSPS) is 20.4. The largest absolute Gasteiger partial charge is 0.371 e. The van der Waals surface area contributed by atoms with E-state index < -0.39 is 0 Å². The van der Waals surface area contributed by atoms with Gasteiger partial charge in [-0.25, -0.2) is 0 Å². The molecular formula is C17H28N2. The van der Waals surface area contributed by atoms with Crippen LogP contribution in [0.1, 0.15) is 50.2 Å². The Morgan fingerprint density at radius 1 is 1.26 bits per heavy atom. The molecule has 0 radical (unpaired) electrons. The van der Waals surface area contributed by atoms with Crippen LogP contribution < -0.4 is 10.6 Å². The minimum absolute atomic E-state index is 0.645.